The Labute approximate surface area is 160 Å². The van der Waals surface area contributed by atoms with E-state index in [0.717, 1.165) is 11.1 Å². The highest BCUT2D eigenvalue weighted by molar-refractivity contribution is 6.35. The number of nitrogens with zero attached hydrogens (tertiary/aromatic N) is 2. The second-order valence-corrected chi connectivity index (χ2v) is 6.74. The fourth-order valence-electron chi connectivity index (χ4n) is 2.59. The maximum Gasteiger partial charge on any atom is 0.260 e. The number of amides is 1. The van der Waals surface area contributed by atoms with Crippen LogP contribution in [0.1, 0.15) is 27.2 Å². The maximum absolute atomic E-state index is 13.0. The van der Waals surface area contributed by atoms with E-state index in [0.29, 0.717) is 22.9 Å². The minimum Gasteiger partial charge on any atom is -0.320 e. The van der Waals surface area contributed by atoms with Gasteiger partial charge in [-0.2, -0.15) is 5.10 Å². The number of hydrogen-bond donors (Lipinski definition) is 1. The fraction of sp³-hybridized carbons (Fsp3) is 0.158. The minimum absolute atomic E-state index is 0.215. The smallest absolute Gasteiger partial charge is 0.260 e. The van der Waals surface area contributed by atoms with Gasteiger partial charge < -0.3 is 5.32 Å². The highest BCUT2D eigenvalue weighted by Gasteiger charge is 2.21. The first-order chi connectivity index (χ1) is 12.3. The monoisotopic (exact) mass is 391 g/mol. The van der Waals surface area contributed by atoms with Crippen LogP contribution in [0.3, 0.4) is 0 Å². The molecule has 0 saturated carbocycles. The molecule has 4 nitrogen and oxygen atoms in total. The van der Waals surface area contributed by atoms with E-state index in [1.807, 2.05) is 13.0 Å². The first-order valence-electron chi connectivity index (χ1n) is 7.90. The maximum atomic E-state index is 13.0. The number of nitrogens with one attached hydrogen (secondary N) is 1. The molecule has 1 N–H and O–H groups in total. The molecule has 3 rings (SSSR count). The van der Waals surface area contributed by atoms with Crippen LogP contribution < -0.4 is 5.32 Å². The Hall–Kier alpha value is -2.37. The first kappa shape index (κ1) is 18.4. The lowest BCUT2D eigenvalue weighted by Gasteiger charge is -2.08. The molecule has 134 valence electrons. The van der Waals surface area contributed by atoms with Crippen LogP contribution in [0.25, 0.3) is 0 Å². The third kappa shape index (κ3) is 3.89. The third-order valence-electron chi connectivity index (χ3n) is 3.91. The van der Waals surface area contributed by atoms with Crippen LogP contribution in [0, 0.1) is 19.7 Å². The molecule has 26 heavy (non-hydrogen) atoms. The summed E-state index contributed by atoms with van der Waals surface area (Å²) >= 11 is 12.5. The zero-order valence-electron chi connectivity index (χ0n) is 14.2. The number of benzene rings is 2. The number of aryl methyl sites for hydroxylation is 2. The van der Waals surface area contributed by atoms with Gasteiger partial charge in [0.05, 0.1) is 28.5 Å². The van der Waals surface area contributed by atoms with Gasteiger partial charge in [-0.25, -0.2) is 9.07 Å². The molecule has 1 heterocycles. The summed E-state index contributed by atoms with van der Waals surface area (Å²) in [6.07, 6.45) is 0. The number of rotatable bonds is 4. The summed E-state index contributed by atoms with van der Waals surface area (Å²) in [4.78, 5) is 12.6. The zero-order valence-corrected chi connectivity index (χ0v) is 15.7. The molecule has 0 aliphatic rings. The van der Waals surface area contributed by atoms with Crippen molar-refractivity contribution in [3.05, 3.63) is 80.8 Å². The molecular weight excluding hydrogens is 376 g/mol. The Balaban J connectivity index is 1.84. The summed E-state index contributed by atoms with van der Waals surface area (Å²) in [5, 5.41) is 7.75. The zero-order chi connectivity index (χ0) is 18.8. The van der Waals surface area contributed by atoms with E-state index in [1.165, 1.54) is 16.8 Å². The number of hydrogen-bond acceptors (Lipinski definition) is 2. The standard InChI is InChI=1S/C19H16Cl2FN3O/c1-11-3-8-16(15(20)9-11)23-19(26)17-12(2)24-25(18(17)21)10-13-4-6-14(22)7-5-13/h3-9H,10H2,1-2H3,(H,23,26). The summed E-state index contributed by atoms with van der Waals surface area (Å²) in [5.41, 5.74) is 3.10. The quantitative estimate of drug-likeness (QED) is 0.660. The lowest BCUT2D eigenvalue weighted by Crippen LogP contribution is -2.13. The summed E-state index contributed by atoms with van der Waals surface area (Å²) < 4.78 is 14.5. The molecular formula is C19H16Cl2FN3O. The van der Waals surface area contributed by atoms with Crippen LogP contribution >= 0.6 is 23.2 Å². The molecule has 1 aromatic heterocycles. The van der Waals surface area contributed by atoms with Crippen LogP contribution in [0.15, 0.2) is 42.5 Å². The molecule has 3 aromatic rings. The van der Waals surface area contributed by atoms with Crippen molar-refractivity contribution in [2.75, 3.05) is 5.32 Å². The van der Waals surface area contributed by atoms with Crippen LogP contribution in [0.4, 0.5) is 10.1 Å². The number of anilines is 1. The molecule has 0 fully saturated rings. The predicted octanol–water partition coefficient (Wildman–Crippen LogP) is 5.25. The van der Waals surface area contributed by atoms with Gasteiger partial charge in [-0.1, -0.05) is 41.4 Å². The Bertz CT molecular complexity index is 968. The van der Waals surface area contributed by atoms with Gasteiger partial charge in [0, 0.05) is 0 Å². The van der Waals surface area contributed by atoms with E-state index in [4.69, 9.17) is 23.2 Å². The lowest BCUT2D eigenvalue weighted by molar-refractivity contribution is 0.102. The van der Waals surface area contributed by atoms with Crippen molar-refractivity contribution in [2.45, 2.75) is 20.4 Å². The minimum atomic E-state index is -0.386. The van der Waals surface area contributed by atoms with Crippen LogP contribution in [-0.2, 0) is 6.54 Å². The molecule has 0 aliphatic carbocycles. The van der Waals surface area contributed by atoms with E-state index < -0.39 is 0 Å². The van der Waals surface area contributed by atoms with E-state index >= 15 is 0 Å². The molecule has 0 spiro atoms. The van der Waals surface area contributed by atoms with Gasteiger partial charge in [0.2, 0.25) is 0 Å². The molecule has 0 unspecified atom stereocenters. The fourth-order valence-corrected chi connectivity index (χ4v) is 3.19. The third-order valence-corrected chi connectivity index (χ3v) is 4.61. The molecule has 0 atom stereocenters. The second-order valence-electron chi connectivity index (χ2n) is 5.97. The lowest BCUT2D eigenvalue weighted by atomic mass is 10.2. The number of aromatic nitrogens is 2. The van der Waals surface area contributed by atoms with Crippen LogP contribution in [-0.4, -0.2) is 15.7 Å². The van der Waals surface area contributed by atoms with Crippen molar-refractivity contribution in [1.82, 2.24) is 9.78 Å². The van der Waals surface area contributed by atoms with Gasteiger partial charge in [-0.15, -0.1) is 0 Å². The van der Waals surface area contributed by atoms with E-state index in [9.17, 15) is 9.18 Å². The van der Waals surface area contributed by atoms with E-state index in [1.54, 1.807) is 31.2 Å². The van der Waals surface area contributed by atoms with Crippen molar-refractivity contribution < 1.29 is 9.18 Å². The normalized spacial score (nSPS) is 10.8. The Morgan fingerprint density at radius 2 is 1.85 bits per heavy atom. The van der Waals surface area contributed by atoms with Crippen molar-refractivity contribution in [2.24, 2.45) is 0 Å². The Kier molecular flexibility index (Phi) is 5.30. The second kappa shape index (κ2) is 7.48. The largest absolute Gasteiger partial charge is 0.320 e. The average Bonchev–Trinajstić information content (AvgIpc) is 2.86. The molecule has 2 aromatic carbocycles. The topological polar surface area (TPSA) is 46.9 Å². The number of carbonyl (C=O) groups is 1. The summed E-state index contributed by atoms with van der Waals surface area (Å²) in [6, 6.07) is 11.4. The number of halogens is 3. The molecule has 0 aliphatic heterocycles. The highest BCUT2D eigenvalue weighted by atomic mass is 35.5. The van der Waals surface area contributed by atoms with Crippen molar-refractivity contribution in [3.63, 3.8) is 0 Å². The molecule has 0 bridgehead atoms. The molecule has 0 radical (unpaired) electrons. The van der Waals surface area contributed by atoms with Gasteiger partial charge in [0.15, 0.2) is 0 Å². The van der Waals surface area contributed by atoms with Gasteiger partial charge in [-0.05, 0) is 49.2 Å². The van der Waals surface area contributed by atoms with E-state index in [2.05, 4.69) is 10.4 Å². The van der Waals surface area contributed by atoms with Gasteiger partial charge in [0.25, 0.3) is 5.91 Å². The van der Waals surface area contributed by atoms with Crippen molar-refractivity contribution in [3.8, 4) is 0 Å². The van der Waals surface area contributed by atoms with Gasteiger partial charge in [-0.3, -0.25) is 4.79 Å². The molecule has 0 saturated heterocycles. The predicted molar refractivity (Wildman–Crippen MR) is 102 cm³/mol. The first-order valence-corrected chi connectivity index (χ1v) is 8.65. The number of carbonyl (C=O) groups excluding carboxylic acids is 1. The Morgan fingerprint density at radius 3 is 2.50 bits per heavy atom. The molecule has 1 amide bonds. The Morgan fingerprint density at radius 1 is 1.15 bits per heavy atom. The van der Waals surface area contributed by atoms with Crippen molar-refractivity contribution in [1.29, 1.82) is 0 Å². The van der Waals surface area contributed by atoms with E-state index in [-0.39, 0.29) is 22.4 Å². The van der Waals surface area contributed by atoms with Crippen LogP contribution in [0.2, 0.25) is 10.2 Å². The average molecular weight is 392 g/mol. The molecule has 7 heteroatoms. The summed E-state index contributed by atoms with van der Waals surface area (Å²) in [6.45, 7) is 3.95. The van der Waals surface area contributed by atoms with Crippen molar-refractivity contribution >= 4 is 34.8 Å². The van der Waals surface area contributed by atoms with Gasteiger partial charge in [0.1, 0.15) is 11.0 Å². The summed E-state index contributed by atoms with van der Waals surface area (Å²) in [5.74, 6) is -0.699. The summed E-state index contributed by atoms with van der Waals surface area (Å²) in [7, 11) is 0. The van der Waals surface area contributed by atoms with Crippen LogP contribution in [0.5, 0.6) is 0 Å². The van der Waals surface area contributed by atoms with Gasteiger partial charge >= 0.3 is 0 Å². The highest BCUT2D eigenvalue weighted by Crippen LogP contribution is 2.26. The SMILES string of the molecule is Cc1ccc(NC(=O)c2c(C)nn(Cc3ccc(F)cc3)c2Cl)c(Cl)c1.